The van der Waals surface area contributed by atoms with Gasteiger partial charge in [-0.25, -0.2) is 0 Å². The lowest BCUT2D eigenvalue weighted by Gasteiger charge is -2.18. The van der Waals surface area contributed by atoms with Crippen molar-refractivity contribution in [1.29, 1.82) is 0 Å². The van der Waals surface area contributed by atoms with Crippen molar-refractivity contribution in [2.75, 3.05) is 0 Å². The topological polar surface area (TPSA) is 99.8 Å². The fraction of sp³-hybridized carbons (Fsp3) is 0.444. The van der Waals surface area contributed by atoms with Crippen LogP contribution in [0.25, 0.3) is 11.0 Å². The minimum absolute atomic E-state index is 0.176. The van der Waals surface area contributed by atoms with Gasteiger partial charge in [-0.3, -0.25) is 9.59 Å². The van der Waals surface area contributed by atoms with Crippen molar-refractivity contribution >= 4 is 29.8 Å². The number of hydrogen-bond acceptors (Lipinski definition) is 5. The summed E-state index contributed by atoms with van der Waals surface area (Å²) in [4.78, 5) is 24.5. The zero-order valence-corrected chi connectivity index (χ0v) is 13.8. The maximum absolute atomic E-state index is 12.5. The Morgan fingerprint density at radius 2 is 2.20 bits per heavy atom. The highest BCUT2D eigenvalue weighted by atomic mass is 16.4. The number of carbonyl (C=O) groups excluding carboxylic acids is 2. The standard InChI is InChI=1S/C18H20BNO5/c21-15-6-3-7-18(15)9-13(18)17(22)20-16(19(23)24)8-11-10-25-14-5-2-1-4-12(11)14/h1-2,4-5,10,13,16,23-24H,3,6-9H2,(H,20,22)/t13?,16-,18?/m0/s1. The number of fused-ring (bicyclic) bond motifs is 1. The number of para-hydroxylation sites is 1. The summed E-state index contributed by atoms with van der Waals surface area (Å²) in [6.07, 6.45) is 4.56. The number of benzene rings is 1. The van der Waals surface area contributed by atoms with Crippen LogP contribution in [0.2, 0.25) is 0 Å². The van der Waals surface area contributed by atoms with Crippen LogP contribution >= 0.6 is 0 Å². The van der Waals surface area contributed by atoms with Gasteiger partial charge in [-0.2, -0.15) is 0 Å². The Morgan fingerprint density at radius 1 is 1.40 bits per heavy atom. The second-order valence-corrected chi connectivity index (χ2v) is 7.18. The Bertz CT molecular complexity index is 832. The number of furan rings is 1. The summed E-state index contributed by atoms with van der Waals surface area (Å²) in [6.45, 7) is 0. The fourth-order valence-electron chi connectivity index (χ4n) is 4.13. The Kier molecular flexibility index (Phi) is 3.93. The number of carbonyl (C=O) groups is 2. The zero-order valence-electron chi connectivity index (χ0n) is 13.8. The van der Waals surface area contributed by atoms with Crippen LogP contribution in [-0.2, 0) is 16.0 Å². The molecule has 0 saturated heterocycles. The van der Waals surface area contributed by atoms with Crippen LogP contribution < -0.4 is 5.32 Å². The maximum Gasteiger partial charge on any atom is 0.475 e. The van der Waals surface area contributed by atoms with Crippen LogP contribution in [0.15, 0.2) is 34.9 Å². The van der Waals surface area contributed by atoms with E-state index in [9.17, 15) is 19.6 Å². The van der Waals surface area contributed by atoms with E-state index in [1.54, 1.807) is 6.26 Å². The lowest BCUT2D eigenvalue weighted by atomic mass is 9.75. The van der Waals surface area contributed by atoms with Crippen molar-refractivity contribution in [3.63, 3.8) is 0 Å². The van der Waals surface area contributed by atoms with E-state index in [4.69, 9.17) is 4.42 Å². The van der Waals surface area contributed by atoms with Crippen LogP contribution in [0.4, 0.5) is 0 Å². The van der Waals surface area contributed by atoms with Gasteiger partial charge in [0.2, 0.25) is 5.91 Å². The summed E-state index contributed by atoms with van der Waals surface area (Å²) < 4.78 is 5.46. The van der Waals surface area contributed by atoms with E-state index in [2.05, 4.69) is 5.32 Å². The van der Waals surface area contributed by atoms with Crippen molar-refractivity contribution in [2.24, 2.45) is 11.3 Å². The van der Waals surface area contributed by atoms with Crippen molar-refractivity contribution in [1.82, 2.24) is 5.32 Å². The Balaban J connectivity index is 1.47. The van der Waals surface area contributed by atoms with E-state index in [1.165, 1.54) is 0 Å². The van der Waals surface area contributed by atoms with Crippen LogP contribution in [0.3, 0.4) is 0 Å². The van der Waals surface area contributed by atoms with Gasteiger partial charge in [-0.15, -0.1) is 0 Å². The van der Waals surface area contributed by atoms with Gasteiger partial charge in [0.15, 0.2) is 0 Å². The maximum atomic E-state index is 12.5. The highest BCUT2D eigenvalue weighted by Gasteiger charge is 2.64. The average Bonchev–Trinajstić information content (AvgIpc) is 3.02. The molecule has 1 aromatic heterocycles. The van der Waals surface area contributed by atoms with Crippen molar-refractivity contribution in [2.45, 2.75) is 38.0 Å². The summed E-state index contributed by atoms with van der Waals surface area (Å²) in [7, 11) is -1.69. The van der Waals surface area contributed by atoms with Gasteiger partial charge in [0, 0.05) is 17.2 Å². The molecule has 1 spiro atoms. The SMILES string of the molecule is O=C(N[C@@H](Cc1coc2ccccc12)B(O)O)C1CC12CCCC2=O. The minimum Gasteiger partial charge on any atom is -0.464 e. The molecule has 3 N–H and O–H groups in total. The molecule has 1 amide bonds. The lowest BCUT2D eigenvalue weighted by molar-refractivity contribution is -0.128. The van der Waals surface area contributed by atoms with Gasteiger partial charge in [-0.05, 0) is 37.3 Å². The Morgan fingerprint density at radius 3 is 2.92 bits per heavy atom. The van der Waals surface area contributed by atoms with E-state index in [0.29, 0.717) is 18.4 Å². The third kappa shape index (κ3) is 2.77. The molecule has 2 aliphatic rings. The number of amides is 1. The monoisotopic (exact) mass is 341 g/mol. The molecular weight excluding hydrogens is 321 g/mol. The summed E-state index contributed by atoms with van der Waals surface area (Å²) in [5.74, 6) is -1.26. The molecule has 0 bridgehead atoms. The quantitative estimate of drug-likeness (QED) is 0.711. The smallest absolute Gasteiger partial charge is 0.464 e. The van der Waals surface area contributed by atoms with Gasteiger partial charge in [0.1, 0.15) is 11.4 Å². The first-order valence-corrected chi connectivity index (χ1v) is 8.66. The van der Waals surface area contributed by atoms with Crippen LogP contribution in [0.5, 0.6) is 0 Å². The van der Waals surface area contributed by atoms with Crippen LogP contribution in [-0.4, -0.2) is 34.8 Å². The number of Topliss-reactive ketones (excluding diaryl/α,β-unsaturated/α-hetero) is 1. The molecule has 2 unspecified atom stereocenters. The van der Waals surface area contributed by atoms with Crippen molar-refractivity contribution < 1.29 is 24.1 Å². The van der Waals surface area contributed by atoms with Gasteiger partial charge in [0.25, 0.3) is 0 Å². The fourth-order valence-corrected chi connectivity index (χ4v) is 4.13. The molecule has 0 radical (unpaired) electrons. The molecule has 6 nitrogen and oxygen atoms in total. The summed E-state index contributed by atoms with van der Waals surface area (Å²) >= 11 is 0. The normalized spacial score (nSPS) is 26.2. The predicted molar refractivity (Wildman–Crippen MR) is 91.4 cm³/mol. The van der Waals surface area contributed by atoms with Crippen molar-refractivity contribution in [3.8, 4) is 0 Å². The molecule has 25 heavy (non-hydrogen) atoms. The molecule has 2 aromatic rings. The molecule has 3 atom stereocenters. The first-order chi connectivity index (χ1) is 12.0. The highest BCUT2D eigenvalue weighted by Crippen LogP contribution is 2.60. The first kappa shape index (κ1) is 16.4. The zero-order chi connectivity index (χ0) is 17.6. The molecular formula is C18H20BNO5. The molecule has 2 saturated carbocycles. The number of ketones is 1. The van der Waals surface area contributed by atoms with E-state index in [0.717, 1.165) is 23.8 Å². The van der Waals surface area contributed by atoms with Gasteiger partial charge in [0.05, 0.1) is 18.1 Å². The number of rotatable bonds is 5. The summed E-state index contributed by atoms with van der Waals surface area (Å²) in [5.41, 5.74) is 1.04. The largest absolute Gasteiger partial charge is 0.475 e. The first-order valence-electron chi connectivity index (χ1n) is 8.66. The molecule has 7 heteroatoms. The van der Waals surface area contributed by atoms with E-state index < -0.39 is 18.5 Å². The number of nitrogens with one attached hydrogen (secondary N) is 1. The summed E-state index contributed by atoms with van der Waals surface area (Å²) in [6, 6.07) is 7.47. The molecule has 2 fully saturated rings. The van der Waals surface area contributed by atoms with Crippen LogP contribution in [0, 0.1) is 11.3 Å². The summed E-state index contributed by atoms with van der Waals surface area (Å²) in [5, 5.41) is 23.0. The minimum atomic E-state index is -1.69. The predicted octanol–water partition coefficient (Wildman–Crippen LogP) is 1.23. The third-order valence-electron chi connectivity index (χ3n) is 5.66. The van der Waals surface area contributed by atoms with E-state index in [-0.39, 0.29) is 24.0 Å². The molecule has 130 valence electrons. The average molecular weight is 341 g/mol. The second-order valence-electron chi connectivity index (χ2n) is 7.18. The Labute approximate surface area is 145 Å². The van der Waals surface area contributed by atoms with Crippen molar-refractivity contribution in [3.05, 3.63) is 36.1 Å². The van der Waals surface area contributed by atoms with Gasteiger partial charge >= 0.3 is 7.12 Å². The van der Waals surface area contributed by atoms with E-state index >= 15 is 0 Å². The highest BCUT2D eigenvalue weighted by molar-refractivity contribution is 6.43. The number of hydrogen-bond donors (Lipinski definition) is 3. The molecule has 2 aliphatic carbocycles. The third-order valence-corrected chi connectivity index (χ3v) is 5.66. The van der Waals surface area contributed by atoms with Gasteiger partial charge in [-0.1, -0.05) is 18.2 Å². The molecule has 0 aliphatic heterocycles. The van der Waals surface area contributed by atoms with Gasteiger partial charge < -0.3 is 19.8 Å². The molecule has 1 aromatic carbocycles. The van der Waals surface area contributed by atoms with Crippen LogP contribution in [0.1, 0.15) is 31.2 Å². The molecule has 1 heterocycles. The lowest BCUT2D eigenvalue weighted by Crippen LogP contribution is -2.48. The molecule has 4 rings (SSSR count). The second kappa shape index (κ2) is 6.00. The van der Waals surface area contributed by atoms with E-state index in [1.807, 2.05) is 24.3 Å². The Hall–Kier alpha value is -2.12.